The molecule has 0 spiro atoms. The molecule has 7 nitrogen and oxygen atoms in total. The molecule has 0 aliphatic rings. The number of carbonyl (C=O) groups is 1. The fraction of sp³-hybridized carbons (Fsp3) is 0.368. The average molecular weight is 420 g/mol. The predicted octanol–water partition coefficient (Wildman–Crippen LogP) is 3.24. The van der Waals surface area contributed by atoms with E-state index < -0.39 is 6.55 Å². The molecule has 1 amide bonds. The number of rotatable bonds is 8. The number of nitrogens with zero attached hydrogens (tertiary/aromatic N) is 5. The maximum atomic E-state index is 12.8. The van der Waals surface area contributed by atoms with Crippen LogP contribution in [0.5, 0.6) is 0 Å². The van der Waals surface area contributed by atoms with Crippen molar-refractivity contribution >= 4 is 17.7 Å². The van der Waals surface area contributed by atoms with Crippen LogP contribution in [0.3, 0.4) is 0 Å². The smallest absolute Gasteiger partial charge is 0.319 e. The summed E-state index contributed by atoms with van der Waals surface area (Å²) in [5, 5.41) is 11.7. The number of nitrogens with one attached hydrogen (secondary N) is 1. The lowest BCUT2D eigenvalue weighted by Crippen LogP contribution is -2.28. The molecule has 0 atom stereocenters. The van der Waals surface area contributed by atoms with Crippen LogP contribution in [0, 0.1) is 20.8 Å². The molecular weight excluding hydrogens is 398 g/mol. The highest BCUT2D eigenvalue weighted by Crippen LogP contribution is 2.24. The van der Waals surface area contributed by atoms with Crippen molar-refractivity contribution in [2.45, 2.75) is 38.9 Å². The molecule has 3 aromatic rings. The molecule has 10 heteroatoms. The maximum absolute atomic E-state index is 12.8. The highest BCUT2D eigenvalue weighted by molar-refractivity contribution is 7.99. The van der Waals surface area contributed by atoms with Gasteiger partial charge in [-0.05, 0) is 38.0 Å². The van der Waals surface area contributed by atoms with E-state index in [2.05, 4.69) is 26.6 Å². The van der Waals surface area contributed by atoms with E-state index in [1.807, 2.05) is 37.5 Å². The Kier molecular flexibility index (Phi) is 6.63. The Hall–Kier alpha value is -2.75. The van der Waals surface area contributed by atoms with E-state index in [-0.39, 0.29) is 30.5 Å². The number of hydrogen-bond acceptors (Lipinski definition) is 5. The van der Waals surface area contributed by atoms with Crippen LogP contribution in [0.1, 0.15) is 29.3 Å². The van der Waals surface area contributed by atoms with Crippen LogP contribution in [0.25, 0.3) is 5.69 Å². The van der Waals surface area contributed by atoms with E-state index >= 15 is 0 Å². The van der Waals surface area contributed by atoms with Crippen LogP contribution in [-0.2, 0) is 11.2 Å². The van der Waals surface area contributed by atoms with Crippen LogP contribution in [-0.4, -0.2) is 42.5 Å². The zero-order valence-electron chi connectivity index (χ0n) is 16.4. The molecular formula is C19H22F2N6OS. The first-order valence-electron chi connectivity index (χ1n) is 9.06. The number of thioether (sulfide) groups is 1. The summed E-state index contributed by atoms with van der Waals surface area (Å²) in [5.74, 6) is 0.906. The first-order chi connectivity index (χ1) is 13.9. The van der Waals surface area contributed by atoms with E-state index in [9.17, 15) is 13.6 Å². The summed E-state index contributed by atoms with van der Waals surface area (Å²) in [6.45, 7) is 3.48. The monoisotopic (exact) mass is 420 g/mol. The van der Waals surface area contributed by atoms with Crippen molar-refractivity contribution in [2.24, 2.45) is 0 Å². The first-order valence-corrected chi connectivity index (χ1v) is 10.0. The van der Waals surface area contributed by atoms with Crippen LogP contribution in [0.15, 0.2) is 35.7 Å². The van der Waals surface area contributed by atoms with E-state index in [0.717, 1.165) is 27.2 Å². The van der Waals surface area contributed by atoms with Gasteiger partial charge in [0.1, 0.15) is 11.6 Å². The number of imidazole rings is 1. The minimum atomic E-state index is -2.64. The van der Waals surface area contributed by atoms with Crippen molar-refractivity contribution in [3.05, 3.63) is 53.4 Å². The topological polar surface area (TPSA) is 77.6 Å². The Morgan fingerprint density at radius 1 is 1.24 bits per heavy atom. The number of halogens is 2. The molecule has 154 valence electrons. The lowest BCUT2D eigenvalue weighted by atomic mass is 10.1. The lowest BCUT2D eigenvalue weighted by molar-refractivity contribution is -0.118. The maximum Gasteiger partial charge on any atom is 0.319 e. The molecule has 2 aromatic heterocycles. The molecule has 2 heterocycles. The molecule has 1 aromatic carbocycles. The molecule has 0 aliphatic carbocycles. The number of benzene rings is 1. The van der Waals surface area contributed by atoms with Crippen molar-refractivity contribution < 1.29 is 13.6 Å². The van der Waals surface area contributed by atoms with Crippen molar-refractivity contribution in [3.8, 4) is 5.69 Å². The number of alkyl halides is 2. The van der Waals surface area contributed by atoms with Gasteiger partial charge in [0, 0.05) is 25.4 Å². The molecule has 0 saturated carbocycles. The van der Waals surface area contributed by atoms with Gasteiger partial charge in [0.05, 0.1) is 11.4 Å². The second-order valence-electron chi connectivity index (χ2n) is 6.57. The van der Waals surface area contributed by atoms with Gasteiger partial charge in [-0.15, -0.1) is 10.2 Å². The van der Waals surface area contributed by atoms with Gasteiger partial charge in [0.25, 0.3) is 0 Å². The summed E-state index contributed by atoms with van der Waals surface area (Å²) in [6, 6.07) is 6.13. The summed E-state index contributed by atoms with van der Waals surface area (Å²) in [6.07, 6.45) is 2.77. The van der Waals surface area contributed by atoms with Crippen LogP contribution in [0.4, 0.5) is 8.78 Å². The predicted molar refractivity (Wildman–Crippen MR) is 106 cm³/mol. The number of amides is 1. The molecule has 0 saturated heterocycles. The second kappa shape index (κ2) is 9.17. The zero-order valence-corrected chi connectivity index (χ0v) is 17.2. The number of hydrogen-bond donors (Lipinski definition) is 1. The van der Waals surface area contributed by atoms with Gasteiger partial charge < -0.3 is 5.32 Å². The van der Waals surface area contributed by atoms with Crippen molar-refractivity contribution in [1.29, 1.82) is 0 Å². The van der Waals surface area contributed by atoms with Gasteiger partial charge >= 0.3 is 6.55 Å². The minimum Gasteiger partial charge on any atom is -0.355 e. The van der Waals surface area contributed by atoms with E-state index in [0.29, 0.717) is 5.16 Å². The van der Waals surface area contributed by atoms with Gasteiger partial charge in [-0.2, -0.15) is 8.78 Å². The summed E-state index contributed by atoms with van der Waals surface area (Å²) in [4.78, 5) is 16.1. The minimum absolute atomic E-state index is 0.145. The lowest BCUT2D eigenvalue weighted by Gasteiger charge is -2.12. The molecule has 0 radical (unpaired) electrons. The van der Waals surface area contributed by atoms with Gasteiger partial charge in [-0.3, -0.25) is 13.9 Å². The Morgan fingerprint density at radius 2 is 2.03 bits per heavy atom. The summed E-state index contributed by atoms with van der Waals surface area (Å²) >= 11 is 1.28. The Labute approximate surface area is 171 Å². The molecule has 1 N–H and O–H groups in total. The van der Waals surface area contributed by atoms with Gasteiger partial charge in [-0.1, -0.05) is 23.9 Å². The number of carbonyl (C=O) groups excluding carboxylic acids is 1. The third kappa shape index (κ3) is 5.00. The second-order valence-corrected chi connectivity index (χ2v) is 7.51. The molecule has 0 aliphatic heterocycles. The first kappa shape index (κ1) is 21.0. The largest absolute Gasteiger partial charge is 0.355 e. The van der Waals surface area contributed by atoms with Crippen LogP contribution < -0.4 is 5.32 Å². The molecule has 29 heavy (non-hydrogen) atoms. The SMILES string of the molecule is Cc1ccc(C)c(-n2c(C)nnc2SCC(=O)NCCc2nccn2C(F)F)c1. The van der Waals surface area contributed by atoms with E-state index in [1.54, 1.807) is 0 Å². The third-order valence-electron chi connectivity index (χ3n) is 4.36. The van der Waals surface area contributed by atoms with Gasteiger partial charge in [-0.25, -0.2) is 4.98 Å². The average Bonchev–Trinajstić information content (AvgIpc) is 3.29. The molecule has 3 rings (SSSR count). The van der Waals surface area contributed by atoms with E-state index in [1.165, 1.54) is 24.2 Å². The molecule has 0 bridgehead atoms. The highest BCUT2D eigenvalue weighted by atomic mass is 32.2. The summed E-state index contributed by atoms with van der Waals surface area (Å²) in [5.41, 5.74) is 3.18. The quantitative estimate of drug-likeness (QED) is 0.566. The molecule has 0 unspecified atom stereocenters. The van der Waals surface area contributed by atoms with Crippen molar-refractivity contribution in [1.82, 2.24) is 29.6 Å². The summed E-state index contributed by atoms with van der Waals surface area (Å²) < 4.78 is 28.3. The standard InChI is InChI=1S/C19H22F2N6OS/c1-12-4-5-13(2)15(10-12)27-14(3)24-25-19(27)29-11-17(28)23-7-6-16-22-8-9-26(16)18(20)21/h4-5,8-10,18H,6-7,11H2,1-3H3,(H,23,28). The Bertz CT molecular complexity index is 1000. The Morgan fingerprint density at radius 3 is 2.79 bits per heavy atom. The van der Waals surface area contributed by atoms with Crippen LogP contribution >= 0.6 is 11.8 Å². The number of aryl methyl sites for hydroxylation is 3. The third-order valence-corrected chi connectivity index (χ3v) is 5.29. The van der Waals surface area contributed by atoms with Gasteiger partial charge in [0.2, 0.25) is 5.91 Å². The normalized spacial score (nSPS) is 11.2. The zero-order chi connectivity index (χ0) is 21.0. The van der Waals surface area contributed by atoms with Crippen molar-refractivity contribution in [3.63, 3.8) is 0 Å². The number of aromatic nitrogens is 5. The molecule has 0 fully saturated rings. The van der Waals surface area contributed by atoms with Gasteiger partial charge in [0.15, 0.2) is 5.16 Å². The van der Waals surface area contributed by atoms with Crippen LogP contribution in [0.2, 0.25) is 0 Å². The van der Waals surface area contributed by atoms with E-state index in [4.69, 9.17) is 0 Å². The Balaban J connectivity index is 1.58. The fourth-order valence-electron chi connectivity index (χ4n) is 2.88. The fourth-order valence-corrected chi connectivity index (χ4v) is 3.70. The highest BCUT2D eigenvalue weighted by Gasteiger charge is 2.15. The van der Waals surface area contributed by atoms with Crippen molar-refractivity contribution in [2.75, 3.05) is 12.3 Å². The summed E-state index contributed by atoms with van der Waals surface area (Å²) in [7, 11) is 0.